The van der Waals surface area contributed by atoms with E-state index in [1.807, 2.05) is 49.4 Å². The minimum absolute atomic E-state index is 0.187. The lowest BCUT2D eigenvalue weighted by atomic mass is 10.0. The second kappa shape index (κ2) is 12.7. The Bertz CT molecular complexity index is 1310. The predicted octanol–water partition coefficient (Wildman–Crippen LogP) is 5.00. The number of amides is 2. The van der Waals surface area contributed by atoms with Gasteiger partial charge in [0.2, 0.25) is 5.91 Å². The average Bonchev–Trinajstić information content (AvgIpc) is 3.25. The number of hydrogen-bond acceptors (Lipinski definition) is 7. The van der Waals surface area contributed by atoms with Crippen LogP contribution in [-0.2, 0) is 35.3 Å². The number of nitrogens with zero attached hydrogens (tertiary/aromatic N) is 3. The Labute approximate surface area is 220 Å². The third-order valence-corrected chi connectivity index (χ3v) is 7.03. The second-order valence-electron chi connectivity index (χ2n) is 8.30. The van der Waals surface area contributed by atoms with Crippen LogP contribution in [0, 0.1) is 11.3 Å². The molecule has 37 heavy (non-hydrogen) atoms. The molecule has 3 aromatic rings. The van der Waals surface area contributed by atoms with Crippen LogP contribution in [0.4, 0.5) is 9.80 Å². The third kappa shape index (κ3) is 6.74. The highest BCUT2D eigenvalue weighted by atomic mass is 32.1. The van der Waals surface area contributed by atoms with Crippen LogP contribution in [-0.4, -0.2) is 41.6 Å². The van der Waals surface area contributed by atoms with Gasteiger partial charge >= 0.3 is 6.09 Å². The Morgan fingerprint density at radius 3 is 2.86 bits per heavy atom. The molecule has 1 N–H and O–H groups in total. The molecule has 0 saturated heterocycles. The molecular formula is C28H28N4O4S. The summed E-state index contributed by atoms with van der Waals surface area (Å²) < 4.78 is 11.1. The molecule has 3 heterocycles. The molecule has 8 nitrogen and oxygen atoms in total. The Hall–Kier alpha value is -4.16. The van der Waals surface area contributed by atoms with Gasteiger partial charge in [-0.05, 0) is 43.2 Å². The van der Waals surface area contributed by atoms with E-state index in [4.69, 9.17) is 9.47 Å². The minimum Gasteiger partial charge on any atom is -0.493 e. The van der Waals surface area contributed by atoms with E-state index in [0.717, 1.165) is 27.3 Å². The quantitative estimate of drug-likeness (QED) is 0.402. The van der Waals surface area contributed by atoms with Crippen LogP contribution in [0.2, 0.25) is 0 Å². The zero-order chi connectivity index (χ0) is 26.0. The molecule has 4 rings (SSSR count). The highest BCUT2D eigenvalue weighted by Crippen LogP contribution is 2.37. The summed E-state index contributed by atoms with van der Waals surface area (Å²) in [4.78, 5) is 32.2. The Balaban J connectivity index is 1.40. The number of thiophene rings is 1. The molecule has 0 unspecified atom stereocenters. The van der Waals surface area contributed by atoms with Crippen LogP contribution < -0.4 is 10.1 Å². The second-order valence-corrected chi connectivity index (χ2v) is 9.40. The Morgan fingerprint density at radius 1 is 1.24 bits per heavy atom. The number of carbonyl (C=O) groups is 2. The maximum Gasteiger partial charge on any atom is 0.410 e. The van der Waals surface area contributed by atoms with Crippen LogP contribution in [0.15, 0.2) is 54.7 Å². The number of aromatic nitrogens is 1. The van der Waals surface area contributed by atoms with Crippen LogP contribution in [0.1, 0.15) is 34.2 Å². The molecule has 190 valence electrons. The number of nitrogens with one attached hydrogen (secondary N) is 1. The number of fused-ring (bicyclic) bond motifs is 1. The van der Waals surface area contributed by atoms with Gasteiger partial charge in [-0.2, -0.15) is 5.26 Å². The highest BCUT2D eigenvalue weighted by molar-refractivity contribution is 7.16. The summed E-state index contributed by atoms with van der Waals surface area (Å²) in [7, 11) is 0. The molecule has 1 aliphatic rings. The first kappa shape index (κ1) is 25.9. The molecule has 0 aliphatic carbocycles. The maximum absolute atomic E-state index is 12.7. The van der Waals surface area contributed by atoms with Crippen molar-refractivity contribution < 1.29 is 19.1 Å². The summed E-state index contributed by atoms with van der Waals surface area (Å²) in [5, 5.41) is 13.0. The lowest BCUT2D eigenvalue weighted by Crippen LogP contribution is -2.36. The lowest BCUT2D eigenvalue weighted by Gasteiger charge is -2.26. The highest BCUT2D eigenvalue weighted by Gasteiger charge is 2.28. The fourth-order valence-corrected chi connectivity index (χ4v) is 5.38. The van der Waals surface area contributed by atoms with E-state index in [2.05, 4.69) is 16.4 Å². The Morgan fingerprint density at radius 2 is 2.08 bits per heavy atom. The molecule has 0 atom stereocenters. The van der Waals surface area contributed by atoms with Gasteiger partial charge in [0.1, 0.15) is 10.8 Å². The SMILES string of the molecule is CCOc1ccccc1C=CC(=O)Nc1sc2c(c1CC#N)CCN(C(=O)OCCc1ccccn1)C2. The van der Waals surface area contributed by atoms with Gasteiger partial charge in [-0.25, -0.2) is 4.79 Å². The monoisotopic (exact) mass is 516 g/mol. The largest absolute Gasteiger partial charge is 0.493 e. The fourth-order valence-electron chi connectivity index (χ4n) is 4.10. The zero-order valence-corrected chi connectivity index (χ0v) is 21.4. The van der Waals surface area contributed by atoms with Crippen LogP contribution in [0.3, 0.4) is 0 Å². The molecule has 1 aliphatic heterocycles. The first-order valence-electron chi connectivity index (χ1n) is 12.1. The summed E-state index contributed by atoms with van der Waals surface area (Å²) in [6.07, 6.45) is 5.84. The van der Waals surface area contributed by atoms with Gasteiger partial charge in [0.15, 0.2) is 0 Å². The number of para-hydroxylation sites is 1. The zero-order valence-electron chi connectivity index (χ0n) is 20.6. The summed E-state index contributed by atoms with van der Waals surface area (Å²) in [5.74, 6) is 0.410. The van der Waals surface area contributed by atoms with Crippen molar-refractivity contribution in [3.63, 3.8) is 0 Å². The summed E-state index contributed by atoms with van der Waals surface area (Å²) in [5.41, 5.74) is 3.53. The first-order valence-corrected chi connectivity index (χ1v) is 12.9. The van der Waals surface area contributed by atoms with Gasteiger partial charge in [0.05, 0.1) is 32.2 Å². The minimum atomic E-state index is -0.377. The normalized spacial score (nSPS) is 12.6. The average molecular weight is 517 g/mol. The molecule has 2 aromatic heterocycles. The standard InChI is InChI=1S/C28H28N4O4S/c1-2-35-24-9-4-3-7-20(24)10-11-26(33)31-27-23(12-15-29)22-13-17-32(19-25(22)37-27)28(34)36-18-14-21-8-5-6-16-30-21/h3-11,16H,2,12-14,17-19H2,1H3,(H,31,33). The fraction of sp³-hybridized carbons (Fsp3) is 0.286. The number of anilines is 1. The smallest absolute Gasteiger partial charge is 0.410 e. The molecule has 0 fully saturated rings. The van der Waals surface area contributed by atoms with Crippen LogP contribution in [0.25, 0.3) is 6.08 Å². The third-order valence-electron chi connectivity index (χ3n) is 5.86. The Kier molecular flexibility index (Phi) is 8.89. The first-order chi connectivity index (χ1) is 18.1. The number of benzene rings is 1. The van der Waals surface area contributed by atoms with E-state index in [1.54, 1.807) is 17.2 Å². The molecule has 2 amide bonds. The summed E-state index contributed by atoms with van der Waals surface area (Å²) >= 11 is 1.40. The molecule has 9 heteroatoms. The van der Waals surface area contributed by atoms with E-state index in [0.29, 0.717) is 43.3 Å². The predicted molar refractivity (Wildman–Crippen MR) is 142 cm³/mol. The van der Waals surface area contributed by atoms with Gasteiger partial charge in [0, 0.05) is 46.9 Å². The summed E-state index contributed by atoms with van der Waals surface area (Å²) in [6, 6.07) is 15.3. The number of hydrogen-bond donors (Lipinski definition) is 1. The van der Waals surface area contributed by atoms with E-state index in [-0.39, 0.29) is 25.0 Å². The van der Waals surface area contributed by atoms with E-state index < -0.39 is 0 Å². The van der Waals surface area contributed by atoms with Crippen molar-refractivity contribution in [1.82, 2.24) is 9.88 Å². The van der Waals surface area contributed by atoms with Gasteiger partial charge in [-0.15, -0.1) is 11.3 Å². The van der Waals surface area contributed by atoms with E-state index in [1.165, 1.54) is 17.4 Å². The van der Waals surface area contributed by atoms with Crippen LogP contribution in [0.5, 0.6) is 5.75 Å². The number of nitriles is 1. The topological polar surface area (TPSA) is 105 Å². The van der Waals surface area contributed by atoms with Crippen molar-refractivity contribution in [2.24, 2.45) is 0 Å². The molecule has 0 bridgehead atoms. The number of pyridine rings is 1. The van der Waals surface area contributed by atoms with E-state index in [9.17, 15) is 14.9 Å². The molecule has 0 radical (unpaired) electrons. The molecular weight excluding hydrogens is 488 g/mol. The van der Waals surface area contributed by atoms with Crippen molar-refractivity contribution in [3.8, 4) is 11.8 Å². The van der Waals surface area contributed by atoms with E-state index >= 15 is 0 Å². The van der Waals surface area contributed by atoms with Crippen molar-refractivity contribution in [2.75, 3.05) is 25.1 Å². The molecule has 0 saturated carbocycles. The lowest BCUT2D eigenvalue weighted by molar-refractivity contribution is -0.111. The van der Waals surface area contributed by atoms with Gasteiger partial charge in [-0.3, -0.25) is 9.78 Å². The van der Waals surface area contributed by atoms with Gasteiger partial charge in [0.25, 0.3) is 0 Å². The van der Waals surface area contributed by atoms with Crippen molar-refractivity contribution in [2.45, 2.75) is 32.7 Å². The van der Waals surface area contributed by atoms with Gasteiger partial charge < -0.3 is 19.7 Å². The van der Waals surface area contributed by atoms with Crippen molar-refractivity contribution in [3.05, 3.63) is 82.0 Å². The maximum atomic E-state index is 12.7. The van der Waals surface area contributed by atoms with Crippen molar-refractivity contribution >= 4 is 34.4 Å². The number of rotatable bonds is 9. The molecule has 1 aromatic carbocycles. The van der Waals surface area contributed by atoms with Crippen LogP contribution >= 0.6 is 11.3 Å². The van der Waals surface area contributed by atoms with Crippen molar-refractivity contribution in [1.29, 1.82) is 5.26 Å². The molecule has 0 spiro atoms. The number of ether oxygens (including phenoxy) is 2. The van der Waals surface area contributed by atoms with Gasteiger partial charge in [-0.1, -0.05) is 24.3 Å². The summed E-state index contributed by atoms with van der Waals surface area (Å²) in [6.45, 7) is 3.57. The number of carbonyl (C=O) groups excluding carboxylic acids is 2.